The van der Waals surface area contributed by atoms with Gasteiger partial charge in [-0.15, -0.1) is 0 Å². The van der Waals surface area contributed by atoms with Crippen LogP contribution < -0.4 is 5.73 Å². The summed E-state index contributed by atoms with van der Waals surface area (Å²) in [6.07, 6.45) is 0. The molecule has 0 aliphatic rings. The molecule has 0 aliphatic heterocycles. The second kappa shape index (κ2) is 5.10. The number of Topliss-reactive ketones (excluding diaryl/α,β-unsaturated/α-hetero) is 1. The highest BCUT2D eigenvalue weighted by molar-refractivity contribution is 6.01. The molecule has 0 bridgehead atoms. The van der Waals surface area contributed by atoms with E-state index in [2.05, 4.69) is 0 Å². The molecule has 0 spiro atoms. The third-order valence-corrected chi connectivity index (χ3v) is 2.65. The number of carboxylic acids is 1. The Hall–Kier alpha value is -1.68. The number of aromatic carboxylic acids is 1. The Labute approximate surface area is 100 Å². The minimum atomic E-state index is -1.01. The van der Waals surface area contributed by atoms with Gasteiger partial charge in [-0.3, -0.25) is 4.79 Å². The number of benzene rings is 1. The van der Waals surface area contributed by atoms with Crippen LogP contribution in [0.4, 0.5) is 0 Å². The summed E-state index contributed by atoms with van der Waals surface area (Å²) in [5, 5.41) is 8.94. The average molecular weight is 235 g/mol. The van der Waals surface area contributed by atoms with Crippen LogP contribution in [0.2, 0.25) is 0 Å². The maximum Gasteiger partial charge on any atom is 0.335 e. The summed E-state index contributed by atoms with van der Waals surface area (Å²) in [5.41, 5.74) is 7.58. The van der Waals surface area contributed by atoms with E-state index in [1.54, 1.807) is 6.92 Å². The van der Waals surface area contributed by atoms with Crippen LogP contribution in [-0.4, -0.2) is 16.9 Å². The zero-order valence-electron chi connectivity index (χ0n) is 10.3. The van der Waals surface area contributed by atoms with Gasteiger partial charge in [-0.2, -0.15) is 0 Å². The number of hydrogen-bond acceptors (Lipinski definition) is 3. The maximum atomic E-state index is 12.0. The lowest BCUT2D eigenvalue weighted by Gasteiger charge is -2.13. The molecule has 0 unspecified atom stereocenters. The molecule has 3 N–H and O–H groups in total. The first-order chi connectivity index (χ1) is 7.88. The number of ketones is 1. The fourth-order valence-electron chi connectivity index (χ4n) is 1.79. The first kappa shape index (κ1) is 13.4. The SMILES string of the molecule is Cc1cc(C(=O)O)cc(CN)c1C(=O)C(C)C. The maximum absolute atomic E-state index is 12.0. The number of carbonyl (C=O) groups is 2. The van der Waals surface area contributed by atoms with Gasteiger partial charge in [0.15, 0.2) is 5.78 Å². The van der Waals surface area contributed by atoms with Gasteiger partial charge in [-0.05, 0) is 30.2 Å². The van der Waals surface area contributed by atoms with Crippen molar-refractivity contribution in [2.75, 3.05) is 0 Å². The lowest BCUT2D eigenvalue weighted by molar-refractivity contribution is 0.0696. The molecule has 0 amide bonds. The van der Waals surface area contributed by atoms with Gasteiger partial charge in [0.1, 0.15) is 0 Å². The molecule has 0 saturated heterocycles. The van der Waals surface area contributed by atoms with E-state index in [-0.39, 0.29) is 23.8 Å². The smallest absolute Gasteiger partial charge is 0.335 e. The predicted molar refractivity (Wildman–Crippen MR) is 65.2 cm³/mol. The Kier molecular flexibility index (Phi) is 4.02. The Morgan fingerprint density at radius 2 is 1.94 bits per heavy atom. The molecule has 4 heteroatoms. The van der Waals surface area contributed by atoms with E-state index in [1.807, 2.05) is 13.8 Å². The Balaban J connectivity index is 3.41. The molecule has 1 aromatic rings. The molecule has 92 valence electrons. The van der Waals surface area contributed by atoms with Crippen LogP contribution in [0.3, 0.4) is 0 Å². The summed E-state index contributed by atoms with van der Waals surface area (Å²) < 4.78 is 0. The zero-order chi connectivity index (χ0) is 13.2. The Morgan fingerprint density at radius 1 is 1.35 bits per heavy atom. The number of rotatable bonds is 4. The molecule has 0 aliphatic carbocycles. The van der Waals surface area contributed by atoms with Crippen LogP contribution in [0.15, 0.2) is 12.1 Å². The average Bonchev–Trinajstić information content (AvgIpc) is 2.26. The van der Waals surface area contributed by atoms with Gasteiger partial charge in [0.25, 0.3) is 0 Å². The van der Waals surface area contributed by atoms with E-state index < -0.39 is 5.97 Å². The second-order valence-corrected chi connectivity index (χ2v) is 4.36. The van der Waals surface area contributed by atoms with Gasteiger partial charge in [0.2, 0.25) is 0 Å². The van der Waals surface area contributed by atoms with Crippen LogP contribution in [0.25, 0.3) is 0 Å². The van der Waals surface area contributed by atoms with Crippen molar-refractivity contribution >= 4 is 11.8 Å². The topological polar surface area (TPSA) is 80.4 Å². The monoisotopic (exact) mass is 235 g/mol. The molecule has 0 aromatic heterocycles. The van der Waals surface area contributed by atoms with Crippen molar-refractivity contribution in [3.8, 4) is 0 Å². The lowest BCUT2D eigenvalue weighted by Crippen LogP contribution is -2.16. The Morgan fingerprint density at radius 3 is 2.35 bits per heavy atom. The van der Waals surface area contributed by atoms with Gasteiger partial charge in [-0.1, -0.05) is 13.8 Å². The molecule has 0 fully saturated rings. The van der Waals surface area contributed by atoms with Crippen LogP contribution in [0.1, 0.15) is 45.7 Å². The summed E-state index contributed by atoms with van der Waals surface area (Å²) in [6, 6.07) is 2.99. The Bertz CT molecular complexity index is 464. The summed E-state index contributed by atoms with van der Waals surface area (Å²) in [5.74, 6) is -1.14. The molecular weight excluding hydrogens is 218 g/mol. The van der Waals surface area contributed by atoms with Crippen molar-refractivity contribution < 1.29 is 14.7 Å². The molecule has 0 saturated carbocycles. The molecular formula is C13H17NO3. The molecule has 0 heterocycles. The van der Waals surface area contributed by atoms with Crippen LogP contribution in [-0.2, 0) is 6.54 Å². The van der Waals surface area contributed by atoms with Gasteiger partial charge in [-0.25, -0.2) is 4.79 Å². The molecule has 0 radical (unpaired) electrons. The molecule has 0 atom stereocenters. The van der Waals surface area contributed by atoms with E-state index >= 15 is 0 Å². The highest BCUT2D eigenvalue weighted by Gasteiger charge is 2.19. The number of aryl methyl sites for hydroxylation is 1. The first-order valence-corrected chi connectivity index (χ1v) is 5.49. The molecule has 1 rings (SSSR count). The number of carbonyl (C=O) groups excluding carboxylic acids is 1. The minimum Gasteiger partial charge on any atom is -0.478 e. The lowest BCUT2D eigenvalue weighted by atomic mass is 9.91. The normalized spacial score (nSPS) is 10.6. The van der Waals surface area contributed by atoms with E-state index in [0.29, 0.717) is 16.7 Å². The highest BCUT2D eigenvalue weighted by atomic mass is 16.4. The van der Waals surface area contributed by atoms with Crippen LogP contribution in [0.5, 0.6) is 0 Å². The van der Waals surface area contributed by atoms with Gasteiger partial charge < -0.3 is 10.8 Å². The fourth-order valence-corrected chi connectivity index (χ4v) is 1.79. The van der Waals surface area contributed by atoms with E-state index in [0.717, 1.165) is 0 Å². The summed E-state index contributed by atoms with van der Waals surface area (Å²) in [6.45, 7) is 5.53. The highest BCUT2D eigenvalue weighted by Crippen LogP contribution is 2.20. The minimum absolute atomic E-state index is 0.000103. The standard InChI is InChI=1S/C13H17NO3/c1-7(2)12(15)11-8(3)4-9(13(16)17)5-10(11)6-14/h4-5,7H,6,14H2,1-3H3,(H,16,17). The van der Waals surface area contributed by atoms with Crippen molar-refractivity contribution in [3.63, 3.8) is 0 Å². The van der Waals surface area contributed by atoms with Crippen molar-refractivity contribution in [2.24, 2.45) is 11.7 Å². The predicted octanol–water partition coefficient (Wildman–Crippen LogP) is 1.99. The first-order valence-electron chi connectivity index (χ1n) is 5.49. The third-order valence-electron chi connectivity index (χ3n) is 2.65. The quantitative estimate of drug-likeness (QED) is 0.782. The van der Waals surface area contributed by atoms with Gasteiger partial charge in [0.05, 0.1) is 5.56 Å². The van der Waals surface area contributed by atoms with Crippen molar-refractivity contribution in [1.29, 1.82) is 0 Å². The van der Waals surface area contributed by atoms with Crippen molar-refractivity contribution in [3.05, 3.63) is 34.4 Å². The molecule has 17 heavy (non-hydrogen) atoms. The summed E-state index contributed by atoms with van der Waals surface area (Å²) >= 11 is 0. The zero-order valence-corrected chi connectivity index (χ0v) is 10.3. The third kappa shape index (κ3) is 2.71. The largest absolute Gasteiger partial charge is 0.478 e. The van der Waals surface area contributed by atoms with E-state index in [9.17, 15) is 9.59 Å². The van der Waals surface area contributed by atoms with E-state index in [4.69, 9.17) is 10.8 Å². The van der Waals surface area contributed by atoms with Gasteiger partial charge in [0, 0.05) is 18.0 Å². The van der Waals surface area contributed by atoms with Crippen molar-refractivity contribution in [1.82, 2.24) is 0 Å². The van der Waals surface area contributed by atoms with E-state index in [1.165, 1.54) is 12.1 Å². The summed E-state index contributed by atoms with van der Waals surface area (Å²) in [4.78, 5) is 22.9. The second-order valence-electron chi connectivity index (χ2n) is 4.36. The fraction of sp³-hybridized carbons (Fsp3) is 0.385. The summed E-state index contributed by atoms with van der Waals surface area (Å²) in [7, 11) is 0. The van der Waals surface area contributed by atoms with Crippen LogP contribution >= 0.6 is 0 Å². The number of nitrogens with two attached hydrogens (primary N) is 1. The number of carboxylic acid groups (broad SMARTS) is 1. The van der Waals surface area contributed by atoms with Crippen LogP contribution in [0, 0.1) is 12.8 Å². The number of hydrogen-bond donors (Lipinski definition) is 2. The molecule has 4 nitrogen and oxygen atoms in total. The van der Waals surface area contributed by atoms with Crippen molar-refractivity contribution in [2.45, 2.75) is 27.3 Å². The van der Waals surface area contributed by atoms with Gasteiger partial charge >= 0.3 is 5.97 Å². The molecule has 1 aromatic carbocycles.